The number of anilines is 1. The molecule has 2 heterocycles. The molecule has 2 aromatic carbocycles. The van der Waals surface area contributed by atoms with Crippen molar-refractivity contribution in [2.24, 2.45) is 5.92 Å². The third kappa shape index (κ3) is 5.43. The molecule has 3 aromatic rings. The minimum atomic E-state index is -3.05. The lowest BCUT2D eigenvalue weighted by atomic mass is 9.76. The van der Waals surface area contributed by atoms with Gasteiger partial charge in [0.1, 0.15) is 22.7 Å². The van der Waals surface area contributed by atoms with Crippen LogP contribution in [0.15, 0.2) is 52.9 Å². The van der Waals surface area contributed by atoms with Crippen molar-refractivity contribution in [3.63, 3.8) is 0 Å². The maximum absolute atomic E-state index is 13.6. The van der Waals surface area contributed by atoms with E-state index in [1.165, 1.54) is 0 Å². The molecule has 41 heavy (non-hydrogen) atoms. The minimum absolute atomic E-state index is 0.102. The minimum Gasteiger partial charge on any atom is -0.496 e. The number of nitriles is 1. The molecule has 0 unspecified atom stereocenters. The van der Waals surface area contributed by atoms with E-state index in [1.807, 2.05) is 48.5 Å². The molecular formula is C31H34N4O5S. The van der Waals surface area contributed by atoms with Gasteiger partial charge in [-0.2, -0.15) is 5.26 Å². The van der Waals surface area contributed by atoms with Gasteiger partial charge in [0.15, 0.2) is 9.84 Å². The number of rotatable bonds is 7. The highest BCUT2D eigenvalue weighted by Crippen LogP contribution is 2.47. The first-order valence-corrected chi connectivity index (χ1v) is 16.1. The lowest BCUT2D eigenvalue weighted by Crippen LogP contribution is -2.42. The van der Waals surface area contributed by atoms with Crippen molar-refractivity contribution >= 4 is 21.4 Å². The van der Waals surface area contributed by atoms with Crippen molar-refractivity contribution in [2.45, 2.75) is 50.0 Å². The van der Waals surface area contributed by atoms with Crippen LogP contribution in [-0.2, 0) is 14.6 Å². The van der Waals surface area contributed by atoms with Crippen LogP contribution in [0.25, 0.3) is 22.7 Å². The Morgan fingerprint density at radius 2 is 1.76 bits per heavy atom. The van der Waals surface area contributed by atoms with Gasteiger partial charge in [0.25, 0.3) is 0 Å². The maximum atomic E-state index is 13.6. The van der Waals surface area contributed by atoms with Gasteiger partial charge in [-0.25, -0.2) is 13.4 Å². The van der Waals surface area contributed by atoms with Crippen LogP contribution < -0.4 is 15.0 Å². The number of methoxy groups -OCH3 is 1. The molecule has 214 valence electrons. The van der Waals surface area contributed by atoms with Crippen molar-refractivity contribution in [3.8, 4) is 34.5 Å². The van der Waals surface area contributed by atoms with E-state index in [1.54, 1.807) is 7.11 Å². The largest absolute Gasteiger partial charge is 0.496 e. The molecule has 2 atom stereocenters. The number of amides is 1. The molecule has 3 fully saturated rings. The second-order valence-corrected chi connectivity index (χ2v) is 13.6. The summed E-state index contributed by atoms with van der Waals surface area (Å²) in [6, 6.07) is 17.7. The van der Waals surface area contributed by atoms with Crippen LogP contribution in [0.5, 0.6) is 5.75 Å². The first-order valence-electron chi connectivity index (χ1n) is 14.3. The zero-order chi connectivity index (χ0) is 28.6. The predicted molar refractivity (Wildman–Crippen MR) is 155 cm³/mol. The fourth-order valence-electron chi connectivity index (χ4n) is 6.09. The quantitative estimate of drug-likeness (QED) is 0.431. The van der Waals surface area contributed by atoms with E-state index in [-0.39, 0.29) is 29.2 Å². The van der Waals surface area contributed by atoms with Gasteiger partial charge in [0, 0.05) is 36.2 Å². The molecule has 0 radical (unpaired) electrons. The molecule has 1 saturated heterocycles. The molecule has 1 N–H and O–H groups in total. The van der Waals surface area contributed by atoms with Gasteiger partial charge in [-0.3, -0.25) is 4.79 Å². The first kappa shape index (κ1) is 27.3. The number of nitrogens with one attached hydrogen (secondary N) is 1. The van der Waals surface area contributed by atoms with Crippen molar-refractivity contribution in [1.82, 2.24) is 10.3 Å². The van der Waals surface area contributed by atoms with E-state index in [9.17, 15) is 18.5 Å². The number of nitrogens with zero attached hydrogens (tertiary/aromatic N) is 3. The normalized spacial score (nSPS) is 22.9. The van der Waals surface area contributed by atoms with Crippen LogP contribution in [0.4, 0.5) is 5.69 Å². The number of carbonyl (C=O) groups is 1. The molecule has 1 aromatic heterocycles. The molecule has 6 rings (SSSR count). The van der Waals surface area contributed by atoms with E-state index in [2.05, 4.69) is 16.3 Å². The summed E-state index contributed by atoms with van der Waals surface area (Å²) in [7, 11) is -1.45. The molecule has 1 amide bonds. The fraction of sp³-hybridized carbons (Fsp3) is 0.452. The SMILES string of the molecule is COc1ccccc1-c1nc(-c2ccccc2N2CCS(=O)(=O)CC2)c([C@@H]2CCCC[C@H]2C(=O)NC2(C#N)CC2)o1. The Morgan fingerprint density at radius 1 is 1.07 bits per heavy atom. The van der Waals surface area contributed by atoms with Gasteiger partial charge in [-0.1, -0.05) is 43.2 Å². The zero-order valence-corrected chi connectivity index (χ0v) is 24.0. The molecule has 0 spiro atoms. The van der Waals surface area contributed by atoms with Crippen molar-refractivity contribution < 1.29 is 22.4 Å². The number of aromatic nitrogens is 1. The summed E-state index contributed by atoms with van der Waals surface area (Å²) >= 11 is 0. The lowest BCUT2D eigenvalue weighted by Gasteiger charge is -2.32. The highest BCUT2D eigenvalue weighted by Gasteiger charge is 2.47. The number of benzene rings is 2. The molecule has 2 aliphatic carbocycles. The number of ether oxygens (including phenoxy) is 1. The van der Waals surface area contributed by atoms with E-state index in [0.29, 0.717) is 61.0 Å². The summed E-state index contributed by atoms with van der Waals surface area (Å²) in [5.74, 6) is 1.20. The average molecular weight is 575 g/mol. The standard InChI is InChI=1S/C31H34N4O5S/c1-39-26-13-7-5-11-24(26)30-33-27(23-10-4-6-12-25(23)35-16-18-41(37,38)19-17-35)28(40-30)21-8-2-3-9-22(21)29(36)34-31(20-32)14-15-31/h4-7,10-13,21-22H,2-3,8-9,14-19H2,1H3,(H,34,36)/t21-,22-/m1/s1. The number of para-hydroxylation sites is 2. The summed E-state index contributed by atoms with van der Waals surface area (Å²) < 4.78 is 36.6. The molecule has 1 aliphatic heterocycles. The molecule has 3 aliphatic rings. The monoisotopic (exact) mass is 574 g/mol. The maximum Gasteiger partial charge on any atom is 0.230 e. The highest BCUT2D eigenvalue weighted by atomic mass is 32.2. The third-order valence-electron chi connectivity index (χ3n) is 8.60. The summed E-state index contributed by atoms with van der Waals surface area (Å²) in [6.45, 7) is 0.799. The van der Waals surface area contributed by atoms with Crippen molar-refractivity contribution in [3.05, 3.63) is 54.3 Å². The van der Waals surface area contributed by atoms with Gasteiger partial charge < -0.3 is 19.4 Å². The van der Waals surface area contributed by atoms with E-state index in [4.69, 9.17) is 14.1 Å². The van der Waals surface area contributed by atoms with Crippen LogP contribution in [0.3, 0.4) is 0 Å². The Kier molecular flexibility index (Phi) is 7.24. The van der Waals surface area contributed by atoms with Gasteiger partial charge in [0.05, 0.1) is 30.2 Å². The zero-order valence-electron chi connectivity index (χ0n) is 23.1. The molecule has 9 nitrogen and oxygen atoms in total. The smallest absolute Gasteiger partial charge is 0.230 e. The van der Waals surface area contributed by atoms with Crippen molar-refractivity contribution in [1.29, 1.82) is 5.26 Å². The number of hydrogen-bond donors (Lipinski definition) is 1. The lowest BCUT2D eigenvalue weighted by molar-refractivity contribution is -0.127. The number of oxazole rings is 1. The second kappa shape index (κ2) is 10.9. The van der Waals surface area contributed by atoms with Gasteiger partial charge in [-0.05, 0) is 43.9 Å². The van der Waals surface area contributed by atoms with Crippen LogP contribution in [0.2, 0.25) is 0 Å². The van der Waals surface area contributed by atoms with Crippen LogP contribution >= 0.6 is 0 Å². The summed E-state index contributed by atoms with van der Waals surface area (Å²) in [4.78, 5) is 20.7. The Morgan fingerprint density at radius 3 is 2.46 bits per heavy atom. The number of carbonyl (C=O) groups excluding carboxylic acids is 1. The average Bonchev–Trinajstić information content (AvgIpc) is 3.63. The van der Waals surface area contributed by atoms with Crippen LogP contribution in [0, 0.1) is 17.2 Å². The van der Waals surface area contributed by atoms with E-state index >= 15 is 0 Å². The topological polar surface area (TPSA) is 126 Å². The highest BCUT2D eigenvalue weighted by molar-refractivity contribution is 7.91. The fourth-order valence-corrected chi connectivity index (χ4v) is 7.29. The van der Waals surface area contributed by atoms with Gasteiger partial charge >= 0.3 is 0 Å². The Balaban J connectivity index is 1.45. The van der Waals surface area contributed by atoms with Crippen LogP contribution in [-0.4, -0.2) is 56.6 Å². The first-order chi connectivity index (χ1) is 19.8. The van der Waals surface area contributed by atoms with Gasteiger partial charge in [0.2, 0.25) is 11.8 Å². The molecule has 0 bridgehead atoms. The third-order valence-corrected chi connectivity index (χ3v) is 10.2. The predicted octanol–water partition coefficient (Wildman–Crippen LogP) is 4.70. The van der Waals surface area contributed by atoms with E-state index < -0.39 is 15.4 Å². The molecule has 2 saturated carbocycles. The Hall–Kier alpha value is -3.84. The second-order valence-electron chi connectivity index (χ2n) is 11.3. The van der Waals surface area contributed by atoms with Crippen LogP contribution in [0.1, 0.15) is 50.2 Å². The van der Waals surface area contributed by atoms with E-state index in [0.717, 1.165) is 30.5 Å². The van der Waals surface area contributed by atoms with Crippen molar-refractivity contribution in [2.75, 3.05) is 36.6 Å². The summed E-state index contributed by atoms with van der Waals surface area (Å²) in [5.41, 5.74) is 2.35. The summed E-state index contributed by atoms with van der Waals surface area (Å²) in [5, 5.41) is 12.6. The Bertz CT molecular complexity index is 1590. The number of hydrogen-bond acceptors (Lipinski definition) is 8. The Labute approximate surface area is 240 Å². The molecule has 10 heteroatoms. The summed E-state index contributed by atoms with van der Waals surface area (Å²) in [6.07, 6.45) is 4.70. The molecular weight excluding hydrogens is 540 g/mol. The van der Waals surface area contributed by atoms with Gasteiger partial charge in [-0.15, -0.1) is 0 Å². The number of sulfone groups is 1.